The minimum absolute atomic E-state index is 0.592. The standard InChI is InChI=1S/C21H29N9S/c1-4-18-26-21(31-27-18)29-12-10-28(11-13-29)20(22-5-2)25-15-17-6-7-19(24-14-17)30-9-8-23-16(30)3/h6-9,14H,4-5,10-13,15H2,1-3H3,(H,22,25). The van der Waals surface area contributed by atoms with Crippen LogP contribution in [0.3, 0.4) is 0 Å². The van der Waals surface area contributed by atoms with Crippen molar-refractivity contribution in [3.8, 4) is 5.82 Å². The average molecular weight is 440 g/mol. The molecule has 1 saturated heterocycles. The summed E-state index contributed by atoms with van der Waals surface area (Å²) in [5.74, 6) is 3.67. The summed E-state index contributed by atoms with van der Waals surface area (Å²) in [6.07, 6.45) is 6.47. The van der Waals surface area contributed by atoms with Gasteiger partial charge in [0.1, 0.15) is 17.5 Å². The minimum atomic E-state index is 0.592. The van der Waals surface area contributed by atoms with Gasteiger partial charge in [-0.1, -0.05) is 13.0 Å². The maximum absolute atomic E-state index is 4.86. The summed E-state index contributed by atoms with van der Waals surface area (Å²) < 4.78 is 6.38. The Kier molecular flexibility index (Phi) is 6.76. The third-order valence-corrected chi connectivity index (χ3v) is 6.07. The first-order valence-electron chi connectivity index (χ1n) is 10.7. The number of nitrogens with one attached hydrogen (secondary N) is 1. The van der Waals surface area contributed by atoms with E-state index in [2.05, 4.69) is 54.4 Å². The molecular formula is C21H29N9S. The summed E-state index contributed by atoms with van der Waals surface area (Å²) in [4.78, 5) is 22.9. The molecule has 31 heavy (non-hydrogen) atoms. The number of anilines is 1. The van der Waals surface area contributed by atoms with E-state index in [1.165, 1.54) is 11.5 Å². The van der Waals surface area contributed by atoms with Gasteiger partial charge in [-0.3, -0.25) is 4.57 Å². The first-order chi connectivity index (χ1) is 15.2. The summed E-state index contributed by atoms with van der Waals surface area (Å²) >= 11 is 1.50. The van der Waals surface area contributed by atoms with E-state index in [0.717, 1.165) is 73.3 Å². The Labute approximate surface area is 187 Å². The molecule has 10 heteroatoms. The number of nitrogens with zero attached hydrogens (tertiary/aromatic N) is 8. The number of pyridine rings is 1. The molecule has 1 aliphatic rings. The van der Waals surface area contributed by atoms with E-state index >= 15 is 0 Å². The van der Waals surface area contributed by atoms with Crippen LogP contribution in [0.2, 0.25) is 0 Å². The van der Waals surface area contributed by atoms with Crippen molar-refractivity contribution < 1.29 is 0 Å². The molecule has 164 valence electrons. The maximum Gasteiger partial charge on any atom is 0.205 e. The molecule has 0 radical (unpaired) electrons. The highest BCUT2D eigenvalue weighted by Crippen LogP contribution is 2.19. The molecule has 0 spiro atoms. The molecule has 0 unspecified atom stereocenters. The van der Waals surface area contributed by atoms with Crippen LogP contribution in [0.25, 0.3) is 5.82 Å². The van der Waals surface area contributed by atoms with E-state index in [9.17, 15) is 0 Å². The van der Waals surface area contributed by atoms with Crippen molar-refractivity contribution in [2.24, 2.45) is 4.99 Å². The third-order valence-electron chi connectivity index (χ3n) is 5.25. The number of aliphatic imine (C=N–C) groups is 1. The molecule has 1 fully saturated rings. The van der Waals surface area contributed by atoms with Gasteiger partial charge < -0.3 is 15.1 Å². The average Bonchev–Trinajstić information content (AvgIpc) is 3.46. The number of aromatic nitrogens is 5. The highest BCUT2D eigenvalue weighted by atomic mass is 32.1. The predicted molar refractivity (Wildman–Crippen MR) is 124 cm³/mol. The van der Waals surface area contributed by atoms with Crippen LogP contribution in [0, 0.1) is 6.92 Å². The SMILES string of the molecule is CCNC(=NCc1ccc(-n2ccnc2C)nc1)N1CCN(c2nc(CC)ns2)CC1. The van der Waals surface area contributed by atoms with Gasteiger partial charge in [-0.15, -0.1) is 0 Å². The van der Waals surface area contributed by atoms with Gasteiger partial charge in [-0.05, 0) is 25.5 Å². The Hall–Kier alpha value is -3.01. The maximum atomic E-state index is 4.86. The zero-order valence-corrected chi connectivity index (χ0v) is 19.1. The zero-order valence-electron chi connectivity index (χ0n) is 18.3. The van der Waals surface area contributed by atoms with Crippen LogP contribution in [0.4, 0.5) is 5.13 Å². The Bertz CT molecular complexity index is 1000. The first kappa shape index (κ1) is 21.2. The summed E-state index contributed by atoms with van der Waals surface area (Å²) in [6.45, 7) is 11.2. The van der Waals surface area contributed by atoms with E-state index < -0.39 is 0 Å². The molecule has 1 N–H and O–H groups in total. The number of hydrogen-bond acceptors (Lipinski definition) is 7. The number of piperazine rings is 1. The third kappa shape index (κ3) is 5.01. The van der Waals surface area contributed by atoms with Crippen LogP contribution in [0.1, 0.15) is 31.1 Å². The summed E-state index contributed by atoms with van der Waals surface area (Å²) in [6, 6.07) is 4.09. The van der Waals surface area contributed by atoms with Crippen molar-refractivity contribution in [2.75, 3.05) is 37.6 Å². The summed E-state index contributed by atoms with van der Waals surface area (Å²) in [5.41, 5.74) is 1.08. The van der Waals surface area contributed by atoms with E-state index in [1.807, 2.05) is 30.0 Å². The fourth-order valence-electron chi connectivity index (χ4n) is 3.49. The molecule has 0 bridgehead atoms. The largest absolute Gasteiger partial charge is 0.357 e. The second kappa shape index (κ2) is 9.86. The van der Waals surface area contributed by atoms with E-state index in [1.54, 1.807) is 6.20 Å². The molecule has 0 atom stereocenters. The first-order valence-corrected chi connectivity index (χ1v) is 11.5. The Balaban J connectivity index is 1.38. The normalized spacial score (nSPS) is 14.9. The monoisotopic (exact) mass is 439 g/mol. The lowest BCUT2D eigenvalue weighted by Crippen LogP contribution is -2.52. The zero-order chi connectivity index (χ0) is 21.6. The van der Waals surface area contributed by atoms with Gasteiger partial charge in [0.15, 0.2) is 5.96 Å². The fourth-order valence-corrected chi connectivity index (χ4v) is 4.29. The Morgan fingerprint density at radius 3 is 2.61 bits per heavy atom. The van der Waals surface area contributed by atoms with Crippen LogP contribution >= 0.6 is 11.5 Å². The molecule has 0 saturated carbocycles. The number of hydrogen-bond donors (Lipinski definition) is 1. The van der Waals surface area contributed by atoms with Crippen LogP contribution in [-0.2, 0) is 13.0 Å². The molecule has 0 aliphatic carbocycles. The lowest BCUT2D eigenvalue weighted by Gasteiger charge is -2.36. The van der Waals surface area contributed by atoms with Gasteiger partial charge in [0.25, 0.3) is 0 Å². The molecule has 4 rings (SSSR count). The van der Waals surface area contributed by atoms with Gasteiger partial charge >= 0.3 is 0 Å². The summed E-state index contributed by atoms with van der Waals surface area (Å²) in [5, 5.41) is 4.46. The molecule has 3 aromatic rings. The molecule has 3 aromatic heterocycles. The predicted octanol–water partition coefficient (Wildman–Crippen LogP) is 2.28. The van der Waals surface area contributed by atoms with Crippen LogP contribution in [-0.4, -0.2) is 67.5 Å². The second-order valence-corrected chi connectivity index (χ2v) is 8.09. The lowest BCUT2D eigenvalue weighted by molar-refractivity contribution is 0.372. The smallest absolute Gasteiger partial charge is 0.205 e. The van der Waals surface area contributed by atoms with Gasteiger partial charge in [-0.2, -0.15) is 4.37 Å². The van der Waals surface area contributed by atoms with Crippen molar-refractivity contribution in [3.05, 3.63) is 47.9 Å². The molecule has 0 amide bonds. The molecule has 1 aliphatic heterocycles. The van der Waals surface area contributed by atoms with Gasteiger partial charge in [0, 0.05) is 69.3 Å². The van der Waals surface area contributed by atoms with Crippen molar-refractivity contribution in [1.82, 2.24) is 34.1 Å². The van der Waals surface area contributed by atoms with Crippen LogP contribution in [0.5, 0.6) is 0 Å². The van der Waals surface area contributed by atoms with Crippen LogP contribution < -0.4 is 10.2 Å². The molecular weight excluding hydrogens is 410 g/mol. The fraction of sp³-hybridized carbons (Fsp3) is 0.476. The lowest BCUT2D eigenvalue weighted by atomic mass is 10.3. The summed E-state index contributed by atoms with van der Waals surface area (Å²) in [7, 11) is 0. The van der Waals surface area contributed by atoms with Crippen molar-refractivity contribution >= 4 is 22.6 Å². The van der Waals surface area contributed by atoms with E-state index in [-0.39, 0.29) is 0 Å². The second-order valence-electron chi connectivity index (χ2n) is 7.36. The molecule has 9 nitrogen and oxygen atoms in total. The Morgan fingerprint density at radius 2 is 2.00 bits per heavy atom. The molecule has 4 heterocycles. The van der Waals surface area contributed by atoms with Gasteiger partial charge in [-0.25, -0.2) is 19.9 Å². The van der Waals surface area contributed by atoms with E-state index in [4.69, 9.17) is 4.99 Å². The number of guanidine groups is 1. The number of aryl methyl sites for hydroxylation is 2. The molecule has 0 aromatic carbocycles. The van der Waals surface area contributed by atoms with Crippen molar-refractivity contribution in [2.45, 2.75) is 33.7 Å². The van der Waals surface area contributed by atoms with Crippen LogP contribution in [0.15, 0.2) is 35.7 Å². The number of rotatable bonds is 6. The van der Waals surface area contributed by atoms with Crippen molar-refractivity contribution in [1.29, 1.82) is 0 Å². The minimum Gasteiger partial charge on any atom is -0.357 e. The highest BCUT2D eigenvalue weighted by Gasteiger charge is 2.22. The Morgan fingerprint density at radius 1 is 1.16 bits per heavy atom. The quantitative estimate of drug-likeness (QED) is 0.466. The topological polar surface area (TPSA) is 87.4 Å². The van der Waals surface area contributed by atoms with Crippen molar-refractivity contribution in [3.63, 3.8) is 0 Å². The van der Waals surface area contributed by atoms with Gasteiger partial charge in [0.05, 0.1) is 6.54 Å². The van der Waals surface area contributed by atoms with Gasteiger partial charge in [0.2, 0.25) is 5.13 Å². The van der Waals surface area contributed by atoms with E-state index in [0.29, 0.717) is 6.54 Å². The number of imidazole rings is 1. The highest BCUT2D eigenvalue weighted by molar-refractivity contribution is 7.09.